The van der Waals surface area contributed by atoms with E-state index in [9.17, 15) is 0 Å². The standard InChI is InChI=1S/C19H18NO/c1-2-8-15(9-3-1)19-14-17(20-12-6-7-13-20)16-10-4-5-11-18(16)21-19/h1-5,8-11,14H,6-7,12-13H2/q+1. The second-order valence-corrected chi connectivity index (χ2v) is 5.55. The van der Waals surface area contributed by atoms with E-state index in [0.717, 1.165) is 30.0 Å². The molecule has 0 spiro atoms. The van der Waals surface area contributed by atoms with E-state index in [1.807, 2.05) is 12.1 Å². The van der Waals surface area contributed by atoms with E-state index in [1.165, 1.54) is 23.6 Å². The monoisotopic (exact) mass is 276 g/mol. The Bertz CT molecular complexity index is 838. The predicted molar refractivity (Wildman–Crippen MR) is 85.9 cm³/mol. The average Bonchev–Trinajstić information content (AvgIpc) is 3.09. The zero-order valence-electron chi connectivity index (χ0n) is 12.0. The molecule has 1 aliphatic rings. The van der Waals surface area contributed by atoms with E-state index >= 15 is 0 Å². The van der Waals surface area contributed by atoms with E-state index < -0.39 is 0 Å². The fourth-order valence-electron chi connectivity index (χ4n) is 3.08. The first kappa shape index (κ1) is 12.4. The number of benzene rings is 2. The lowest BCUT2D eigenvalue weighted by Gasteiger charge is -2.04. The summed E-state index contributed by atoms with van der Waals surface area (Å²) in [6.07, 6.45) is 2.56. The summed E-state index contributed by atoms with van der Waals surface area (Å²) in [6, 6.07) is 20.9. The third-order valence-corrected chi connectivity index (χ3v) is 4.16. The molecule has 4 rings (SSSR count). The van der Waals surface area contributed by atoms with E-state index in [1.54, 1.807) is 0 Å². The minimum Gasteiger partial charge on any atom is -0.456 e. The van der Waals surface area contributed by atoms with Crippen LogP contribution in [-0.2, 0) is 0 Å². The highest BCUT2D eigenvalue weighted by atomic mass is 16.3. The summed E-state index contributed by atoms with van der Waals surface area (Å²) < 4.78 is 8.60. The smallest absolute Gasteiger partial charge is 0.214 e. The molecule has 2 aromatic carbocycles. The van der Waals surface area contributed by atoms with Gasteiger partial charge in [0.05, 0.1) is 11.5 Å². The lowest BCUT2D eigenvalue weighted by Crippen LogP contribution is -2.27. The molecule has 3 aromatic rings. The lowest BCUT2D eigenvalue weighted by atomic mass is 10.1. The van der Waals surface area contributed by atoms with Crippen LogP contribution in [0, 0.1) is 0 Å². The Morgan fingerprint density at radius 2 is 1.52 bits per heavy atom. The Hall–Kier alpha value is -2.35. The summed E-state index contributed by atoms with van der Waals surface area (Å²) in [5.74, 6) is 0.941. The zero-order chi connectivity index (χ0) is 14.1. The van der Waals surface area contributed by atoms with Crippen LogP contribution in [-0.4, -0.2) is 13.1 Å². The molecule has 0 unspecified atom stereocenters. The van der Waals surface area contributed by atoms with Gasteiger partial charge in [0.1, 0.15) is 24.4 Å². The van der Waals surface area contributed by atoms with Gasteiger partial charge in [-0.3, -0.25) is 0 Å². The zero-order valence-corrected chi connectivity index (χ0v) is 12.0. The van der Waals surface area contributed by atoms with Gasteiger partial charge in [-0.2, -0.15) is 0 Å². The Kier molecular flexibility index (Phi) is 3.07. The van der Waals surface area contributed by atoms with Gasteiger partial charge in [-0.15, -0.1) is 0 Å². The summed E-state index contributed by atoms with van der Waals surface area (Å²) >= 11 is 0. The number of hydrogen-bond donors (Lipinski definition) is 0. The maximum Gasteiger partial charge on any atom is 0.214 e. The van der Waals surface area contributed by atoms with Crippen LogP contribution in [0.3, 0.4) is 0 Å². The molecule has 1 saturated heterocycles. The first-order chi connectivity index (χ1) is 10.4. The molecule has 104 valence electrons. The molecule has 0 aliphatic carbocycles. The van der Waals surface area contributed by atoms with Crippen molar-refractivity contribution in [2.75, 3.05) is 13.1 Å². The maximum atomic E-state index is 6.12. The molecule has 1 fully saturated rings. The molecule has 1 aromatic heterocycles. The van der Waals surface area contributed by atoms with E-state index in [2.05, 4.69) is 53.1 Å². The van der Waals surface area contributed by atoms with Crippen molar-refractivity contribution < 1.29 is 4.42 Å². The maximum absolute atomic E-state index is 6.12. The normalized spacial score (nSPS) is 14.8. The molecule has 0 bridgehead atoms. The summed E-state index contributed by atoms with van der Waals surface area (Å²) in [4.78, 5) is 0. The van der Waals surface area contributed by atoms with E-state index in [0.29, 0.717) is 0 Å². The van der Waals surface area contributed by atoms with Gasteiger partial charge in [0.2, 0.25) is 5.36 Å². The van der Waals surface area contributed by atoms with Gasteiger partial charge in [0.25, 0.3) is 0 Å². The third-order valence-electron chi connectivity index (χ3n) is 4.16. The number of para-hydroxylation sites is 1. The second kappa shape index (κ2) is 5.21. The number of nitrogens with zero attached hydrogens (tertiary/aromatic N) is 1. The Morgan fingerprint density at radius 1 is 0.810 bits per heavy atom. The van der Waals surface area contributed by atoms with Crippen LogP contribution >= 0.6 is 0 Å². The summed E-state index contributed by atoms with van der Waals surface area (Å²) in [6.45, 7) is 2.28. The summed E-state index contributed by atoms with van der Waals surface area (Å²) in [5, 5.41) is 2.51. The van der Waals surface area contributed by atoms with Crippen LogP contribution in [0.4, 0.5) is 0 Å². The Labute approximate surface area is 124 Å². The first-order valence-corrected chi connectivity index (χ1v) is 7.58. The van der Waals surface area contributed by atoms with Crippen LogP contribution in [0.2, 0.25) is 0 Å². The largest absolute Gasteiger partial charge is 0.456 e. The predicted octanol–water partition coefficient (Wildman–Crippen LogP) is 3.67. The number of hydrogen-bond acceptors (Lipinski definition) is 1. The molecule has 2 heterocycles. The van der Waals surface area contributed by atoms with Crippen molar-refractivity contribution in [1.82, 2.24) is 4.58 Å². The van der Waals surface area contributed by atoms with Crippen LogP contribution in [0.25, 0.3) is 22.3 Å². The Morgan fingerprint density at radius 3 is 2.33 bits per heavy atom. The fourth-order valence-corrected chi connectivity index (χ4v) is 3.08. The number of fused-ring (bicyclic) bond motifs is 1. The van der Waals surface area contributed by atoms with Crippen molar-refractivity contribution in [3.63, 3.8) is 0 Å². The Balaban J connectivity index is 2.05. The van der Waals surface area contributed by atoms with Crippen LogP contribution in [0.5, 0.6) is 0 Å². The van der Waals surface area contributed by atoms with Gasteiger partial charge >= 0.3 is 0 Å². The molecule has 0 amide bonds. The van der Waals surface area contributed by atoms with Crippen LogP contribution < -0.4 is 9.93 Å². The molecule has 2 nitrogen and oxygen atoms in total. The second-order valence-electron chi connectivity index (χ2n) is 5.55. The molecule has 0 N–H and O–H groups in total. The van der Waals surface area contributed by atoms with Crippen molar-refractivity contribution in [3.8, 4) is 11.3 Å². The van der Waals surface area contributed by atoms with E-state index in [-0.39, 0.29) is 0 Å². The SMILES string of the molecule is c1ccc(-c2cc(=[N+]3CCCC3)c3ccccc3o2)cc1. The van der Waals surface area contributed by atoms with Crippen molar-refractivity contribution in [1.29, 1.82) is 0 Å². The number of rotatable bonds is 1. The molecule has 0 atom stereocenters. The van der Waals surface area contributed by atoms with E-state index in [4.69, 9.17) is 4.42 Å². The van der Waals surface area contributed by atoms with Crippen LogP contribution in [0.1, 0.15) is 12.8 Å². The van der Waals surface area contributed by atoms with Gasteiger partial charge in [0, 0.05) is 18.4 Å². The van der Waals surface area contributed by atoms with Gasteiger partial charge in [-0.25, -0.2) is 4.58 Å². The quantitative estimate of drug-likeness (QED) is 0.619. The molecule has 2 heteroatoms. The molecular weight excluding hydrogens is 258 g/mol. The topological polar surface area (TPSA) is 16.1 Å². The van der Waals surface area contributed by atoms with Crippen molar-refractivity contribution >= 4 is 11.0 Å². The minimum atomic E-state index is 0.941. The average molecular weight is 276 g/mol. The van der Waals surface area contributed by atoms with Crippen molar-refractivity contribution in [2.24, 2.45) is 0 Å². The first-order valence-electron chi connectivity index (χ1n) is 7.58. The molecule has 0 saturated carbocycles. The lowest BCUT2D eigenvalue weighted by molar-refractivity contribution is 0.611. The highest BCUT2D eigenvalue weighted by Gasteiger charge is 2.17. The minimum absolute atomic E-state index is 0.941. The van der Waals surface area contributed by atoms with Crippen molar-refractivity contribution in [2.45, 2.75) is 12.8 Å². The fraction of sp³-hybridized carbons (Fsp3) is 0.211. The van der Waals surface area contributed by atoms with Gasteiger partial charge in [-0.1, -0.05) is 42.5 Å². The highest BCUT2D eigenvalue weighted by molar-refractivity contribution is 5.78. The van der Waals surface area contributed by atoms with Gasteiger partial charge < -0.3 is 4.42 Å². The molecule has 0 radical (unpaired) electrons. The highest BCUT2D eigenvalue weighted by Crippen LogP contribution is 2.21. The summed E-state index contributed by atoms with van der Waals surface area (Å²) in [5.41, 5.74) is 2.09. The molecule has 1 aliphatic heterocycles. The summed E-state index contributed by atoms with van der Waals surface area (Å²) in [7, 11) is 0. The van der Waals surface area contributed by atoms with Crippen LogP contribution in [0.15, 0.2) is 65.1 Å². The molecule has 21 heavy (non-hydrogen) atoms. The molecular formula is C19H18NO+. The van der Waals surface area contributed by atoms with Gasteiger partial charge in [-0.05, 0) is 12.1 Å². The third kappa shape index (κ3) is 2.27. The van der Waals surface area contributed by atoms with Crippen molar-refractivity contribution in [3.05, 3.63) is 66.0 Å². The van der Waals surface area contributed by atoms with Gasteiger partial charge in [0.15, 0.2) is 0 Å².